The molecule has 0 aliphatic heterocycles. The molecule has 0 spiro atoms. The number of ether oxygens (including phenoxy) is 1. The summed E-state index contributed by atoms with van der Waals surface area (Å²) < 4.78 is 5.80. The van der Waals surface area contributed by atoms with Crippen molar-refractivity contribution in [1.29, 1.82) is 5.26 Å². The predicted octanol–water partition coefficient (Wildman–Crippen LogP) is 3.00. The number of aliphatic hydroxyl groups excluding tert-OH is 1. The summed E-state index contributed by atoms with van der Waals surface area (Å²) in [6, 6.07) is 17.4. The van der Waals surface area contributed by atoms with Gasteiger partial charge >= 0.3 is 0 Å². The molecule has 2 N–H and O–H groups in total. The molecule has 2 rings (SSSR count). The Kier molecular flexibility index (Phi) is 5.75. The van der Waals surface area contributed by atoms with Crippen LogP contribution in [0.3, 0.4) is 0 Å². The van der Waals surface area contributed by atoms with Crippen LogP contribution in [-0.4, -0.2) is 17.3 Å². The number of aliphatic hydroxyl groups is 1. The van der Waals surface area contributed by atoms with Gasteiger partial charge in [0.1, 0.15) is 12.4 Å². The highest BCUT2D eigenvalue weighted by atomic mass is 16.5. The highest BCUT2D eigenvalue weighted by Gasteiger charge is 2.14. The Hall–Kier alpha value is -2.35. The Balaban J connectivity index is 1.96. The molecular weight excluding hydrogens is 288 g/mol. The van der Waals surface area contributed by atoms with Crippen molar-refractivity contribution in [1.82, 2.24) is 5.32 Å². The van der Waals surface area contributed by atoms with Gasteiger partial charge in [-0.3, -0.25) is 0 Å². The van der Waals surface area contributed by atoms with Crippen LogP contribution in [0.4, 0.5) is 0 Å². The van der Waals surface area contributed by atoms with Gasteiger partial charge in [-0.05, 0) is 49.2 Å². The van der Waals surface area contributed by atoms with Gasteiger partial charge in [0.25, 0.3) is 0 Å². The monoisotopic (exact) mass is 310 g/mol. The summed E-state index contributed by atoms with van der Waals surface area (Å²) in [7, 11) is 0. The van der Waals surface area contributed by atoms with Crippen molar-refractivity contribution in [3.05, 3.63) is 65.2 Å². The maximum absolute atomic E-state index is 9.27. The molecule has 0 atom stereocenters. The number of benzene rings is 2. The molecule has 4 nitrogen and oxygen atoms in total. The van der Waals surface area contributed by atoms with Gasteiger partial charge in [-0.2, -0.15) is 5.26 Å². The van der Waals surface area contributed by atoms with E-state index in [9.17, 15) is 5.11 Å². The Morgan fingerprint density at radius 2 is 1.87 bits per heavy atom. The van der Waals surface area contributed by atoms with Crippen LogP contribution in [0.15, 0.2) is 48.5 Å². The molecule has 0 saturated carbocycles. The molecule has 0 radical (unpaired) electrons. The average Bonchev–Trinajstić information content (AvgIpc) is 2.59. The fraction of sp³-hybridized carbons (Fsp3) is 0.316. The molecule has 0 saturated heterocycles. The van der Waals surface area contributed by atoms with Gasteiger partial charge in [-0.1, -0.05) is 24.3 Å². The Morgan fingerprint density at radius 1 is 1.13 bits per heavy atom. The van der Waals surface area contributed by atoms with Crippen molar-refractivity contribution >= 4 is 0 Å². The average molecular weight is 310 g/mol. The SMILES string of the molecule is CC(C)(CO)NCc1cccc(OCc2cccc(C#N)c2)c1. The van der Waals surface area contributed by atoms with Crippen LogP contribution in [0.1, 0.15) is 30.5 Å². The number of nitriles is 1. The van der Waals surface area contributed by atoms with Gasteiger partial charge in [0.2, 0.25) is 0 Å². The third-order valence-corrected chi connectivity index (χ3v) is 3.53. The zero-order valence-electron chi connectivity index (χ0n) is 13.5. The first kappa shape index (κ1) is 17.0. The second-order valence-electron chi connectivity index (χ2n) is 6.14. The molecule has 4 heteroatoms. The number of rotatable bonds is 7. The molecule has 0 aliphatic rings. The summed E-state index contributed by atoms with van der Waals surface area (Å²) >= 11 is 0. The van der Waals surface area contributed by atoms with Crippen molar-refractivity contribution in [2.24, 2.45) is 0 Å². The van der Waals surface area contributed by atoms with Crippen LogP contribution in [0.5, 0.6) is 5.75 Å². The summed E-state index contributed by atoms with van der Waals surface area (Å²) in [6.07, 6.45) is 0. The second kappa shape index (κ2) is 7.77. The molecule has 2 aromatic rings. The van der Waals surface area contributed by atoms with Crippen LogP contribution in [0.2, 0.25) is 0 Å². The van der Waals surface area contributed by atoms with Crippen LogP contribution in [0, 0.1) is 11.3 Å². The molecule has 0 fully saturated rings. The standard InChI is InChI=1S/C19H22N2O2/c1-19(2,14-22)21-12-16-6-4-8-18(10-16)23-13-17-7-3-5-15(9-17)11-20/h3-10,21-22H,12-14H2,1-2H3. The molecule has 0 bridgehead atoms. The van der Waals surface area contributed by atoms with Crippen molar-refractivity contribution in [2.75, 3.05) is 6.61 Å². The van der Waals surface area contributed by atoms with Crippen molar-refractivity contribution in [3.8, 4) is 11.8 Å². The number of hydrogen-bond donors (Lipinski definition) is 2. The van der Waals surface area contributed by atoms with E-state index in [0.29, 0.717) is 18.7 Å². The normalized spacial score (nSPS) is 11.0. The van der Waals surface area contributed by atoms with E-state index in [1.54, 1.807) is 6.07 Å². The summed E-state index contributed by atoms with van der Waals surface area (Å²) in [4.78, 5) is 0. The van der Waals surface area contributed by atoms with E-state index in [-0.39, 0.29) is 12.1 Å². The molecule has 0 amide bonds. The number of nitrogens with zero attached hydrogens (tertiary/aromatic N) is 1. The van der Waals surface area contributed by atoms with Gasteiger partial charge in [0, 0.05) is 12.1 Å². The predicted molar refractivity (Wildman–Crippen MR) is 89.9 cm³/mol. The van der Waals surface area contributed by atoms with E-state index in [1.807, 2.05) is 56.3 Å². The molecule has 0 aliphatic carbocycles. The molecule has 23 heavy (non-hydrogen) atoms. The minimum atomic E-state index is -0.311. The molecular formula is C19H22N2O2. The Morgan fingerprint density at radius 3 is 2.61 bits per heavy atom. The van der Waals surface area contributed by atoms with Crippen LogP contribution in [-0.2, 0) is 13.2 Å². The summed E-state index contributed by atoms with van der Waals surface area (Å²) in [5.41, 5.74) is 2.38. The lowest BCUT2D eigenvalue weighted by atomic mass is 10.1. The van der Waals surface area contributed by atoms with Gasteiger partial charge in [-0.15, -0.1) is 0 Å². The van der Waals surface area contributed by atoms with E-state index >= 15 is 0 Å². The van der Waals surface area contributed by atoms with E-state index in [1.165, 1.54) is 0 Å². The lowest BCUT2D eigenvalue weighted by molar-refractivity contribution is 0.187. The first-order valence-electron chi connectivity index (χ1n) is 7.59. The van der Waals surface area contributed by atoms with Crippen molar-refractivity contribution in [3.63, 3.8) is 0 Å². The fourth-order valence-corrected chi connectivity index (χ4v) is 2.04. The third kappa shape index (κ3) is 5.41. The minimum absolute atomic E-state index is 0.0818. The smallest absolute Gasteiger partial charge is 0.120 e. The highest BCUT2D eigenvalue weighted by molar-refractivity contribution is 5.33. The summed E-state index contributed by atoms with van der Waals surface area (Å²) in [5, 5.41) is 21.5. The molecule has 0 unspecified atom stereocenters. The molecule has 120 valence electrons. The van der Waals surface area contributed by atoms with Gasteiger partial charge in [0.15, 0.2) is 0 Å². The van der Waals surface area contributed by atoms with E-state index < -0.39 is 0 Å². The summed E-state index contributed by atoms with van der Waals surface area (Å²) in [5.74, 6) is 0.786. The van der Waals surface area contributed by atoms with Gasteiger partial charge < -0.3 is 15.2 Å². The van der Waals surface area contributed by atoms with E-state index in [4.69, 9.17) is 10.00 Å². The Bertz CT molecular complexity index is 690. The third-order valence-electron chi connectivity index (χ3n) is 3.53. The van der Waals surface area contributed by atoms with Crippen LogP contribution >= 0.6 is 0 Å². The Labute approximate surface area is 137 Å². The zero-order chi connectivity index (χ0) is 16.7. The van der Waals surface area contributed by atoms with Crippen LogP contribution < -0.4 is 10.1 Å². The molecule has 2 aromatic carbocycles. The van der Waals surface area contributed by atoms with E-state index in [2.05, 4.69) is 11.4 Å². The maximum atomic E-state index is 9.27. The van der Waals surface area contributed by atoms with E-state index in [0.717, 1.165) is 16.9 Å². The lowest BCUT2D eigenvalue weighted by Gasteiger charge is -2.23. The number of hydrogen-bond acceptors (Lipinski definition) is 4. The van der Waals surface area contributed by atoms with Crippen molar-refractivity contribution in [2.45, 2.75) is 32.5 Å². The lowest BCUT2D eigenvalue weighted by Crippen LogP contribution is -2.42. The zero-order valence-corrected chi connectivity index (χ0v) is 13.5. The minimum Gasteiger partial charge on any atom is -0.489 e. The van der Waals surface area contributed by atoms with Crippen LogP contribution in [0.25, 0.3) is 0 Å². The first-order chi connectivity index (χ1) is 11.0. The maximum Gasteiger partial charge on any atom is 0.120 e. The fourth-order valence-electron chi connectivity index (χ4n) is 2.04. The molecule has 0 aromatic heterocycles. The quantitative estimate of drug-likeness (QED) is 0.825. The van der Waals surface area contributed by atoms with Gasteiger partial charge in [0.05, 0.1) is 18.2 Å². The number of nitrogens with one attached hydrogen (secondary N) is 1. The second-order valence-corrected chi connectivity index (χ2v) is 6.14. The summed E-state index contributed by atoms with van der Waals surface area (Å²) in [6.45, 7) is 5.08. The van der Waals surface area contributed by atoms with Gasteiger partial charge in [-0.25, -0.2) is 0 Å². The molecule has 0 heterocycles. The highest BCUT2D eigenvalue weighted by Crippen LogP contribution is 2.16. The first-order valence-corrected chi connectivity index (χ1v) is 7.59. The largest absolute Gasteiger partial charge is 0.489 e. The topological polar surface area (TPSA) is 65.3 Å². The van der Waals surface area contributed by atoms with Crippen molar-refractivity contribution < 1.29 is 9.84 Å².